The van der Waals surface area contributed by atoms with E-state index in [1.807, 2.05) is 0 Å². The van der Waals surface area contributed by atoms with Crippen LogP contribution in [-0.4, -0.2) is 5.97 Å². The first-order valence-corrected chi connectivity index (χ1v) is 5.91. The molecule has 0 saturated carbocycles. The fraction of sp³-hybridized carbons (Fsp3) is 0.0667. The molecule has 0 amide bonds. The second-order valence-corrected chi connectivity index (χ2v) is 4.32. The van der Waals surface area contributed by atoms with Gasteiger partial charge in [-0.15, -0.1) is 0 Å². The zero-order valence-electron chi connectivity index (χ0n) is 11.1. The van der Waals surface area contributed by atoms with Gasteiger partial charge in [-0.1, -0.05) is 6.07 Å². The van der Waals surface area contributed by atoms with Crippen molar-refractivity contribution >= 4 is 5.97 Å². The van der Waals surface area contributed by atoms with Crippen LogP contribution < -0.4 is 4.74 Å². The number of esters is 1. The fourth-order valence-corrected chi connectivity index (χ4v) is 1.68. The Hall–Kier alpha value is -2.88. The van der Waals surface area contributed by atoms with Gasteiger partial charge in [0, 0.05) is 12.1 Å². The third-order valence-electron chi connectivity index (χ3n) is 2.83. The van der Waals surface area contributed by atoms with E-state index < -0.39 is 46.1 Å². The predicted octanol–water partition coefficient (Wildman–Crippen LogP) is 3.64. The van der Waals surface area contributed by atoms with Crippen LogP contribution in [0, 0.1) is 41.5 Å². The number of benzene rings is 2. The standard InChI is InChI=1S/C15H7F4NO2/c1-7-2-3-9(14(19)13(7)18)15(21)22-8-4-11(16)10(6-20)12(17)5-8/h2-5H,1H3. The normalized spacial score (nSPS) is 10.2. The van der Waals surface area contributed by atoms with Gasteiger partial charge >= 0.3 is 5.97 Å². The van der Waals surface area contributed by atoms with Crippen LogP contribution in [0.5, 0.6) is 5.75 Å². The number of nitrogens with zero attached hydrogens (tertiary/aromatic N) is 1. The summed E-state index contributed by atoms with van der Waals surface area (Å²) in [7, 11) is 0. The Morgan fingerprint density at radius 1 is 1.09 bits per heavy atom. The Bertz CT molecular complexity index is 789. The maximum atomic E-state index is 13.6. The van der Waals surface area contributed by atoms with Crippen LogP contribution in [0.15, 0.2) is 24.3 Å². The minimum Gasteiger partial charge on any atom is -0.423 e. The number of halogens is 4. The molecular weight excluding hydrogens is 302 g/mol. The largest absolute Gasteiger partial charge is 0.423 e. The Morgan fingerprint density at radius 2 is 1.68 bits per heavy atom. The maximum absolute atomic E-state index is 13.6. The average Bonchev–Trinajstić information content (AvgIpc) is 2.44. The van der Waals surface area contributed by atoms with Gasteiger partial charge in [0.1, 0.15) is 29.0 Å². The average molecular weight is 309 g/mol. The summed E-state index contributed by atoms with van der Waals surface area (Å²) in [6.45, 7) is 1.30. The van der Waals surface area contributed by atoms with Gasteiger partial charge in [0.05, 0.1) is 5.56 Å². The second-order valence-electron chi connectivity index (χ2n) is 4.32. The summed E-state index contributed by atoms with van der Waals surface area (Å²) < 4.78 is 58.4. The third kappa shape index (κ3) is 2.76. The highest BCUT2D eigenvalue weighted by Gasteiger charge is 2.20. The number of aryl methyl sites for hydroxylation is 1. The summed E-state index contributed by atoms with van der Waals surface area (Å²) in [6, 6.07) is 4.65. The number of hydrogen-bond donors (Lipinski definition) is 0. The summed E-state index contributed by atoms with van der Waals surface area (Å²) in [5.41, 5.74) is -1.56. The topological polar surface area (TPSA) is 50.1 Å². The van der Waals surface area contributed by atoms with Gasteiger partial charge in [-0.05, 0) is 18.6 Å². The van der Waals surface area contributed by atoms with Gasteiger partial charge in [-0.25, -0.2) is 22.4 Å². The van der Waals surface area contributed by atoms with Gasteiger partial charge in [0.2, 0.25) is 0 Å². The molecule has 0 fully saturated rings. The van der Waals surface area contributed by atoms with Crippen molar-refractivity contribution in [2.45, 2.75) is 6.92 Å². The molecule has 2 rings (SSSR count). The number of hydrogen-bond acceptors (Lipinski definition) is 3. The lowest BCUT2D eigenvalue weighted by atomic mass is 10.1. The highest BCUT2D eigenvalue weighted by Crippen LogP contribution is 2.22. The fourth-order valence-electron chi connectivity index (χ4n) is 1.68. The van der Waals surface area contributed by atoms with E-state index in [-0.39, 0.29) is 5.56 Å². The van der Waals surface area contributed by atoms with Crippen molar-refractivity contribution in [1.29, 1.82) is 5.26 Å². The first-order chi connectivity index (χ1) is 10.3. The molecule has 0 aromatic heterocycles. The molecule has 0 unspecified atom stereocenters. The number of rotatable bonds is 2. The maximum Gasteiger partial charge on any atom is 0.346 e. The smallest absolute Gasteiger partial charge is 0.346 e. The zero-order valence-corrected chi connectivity index (χ0v) is 11.1. The van der Waals surface area contributed by atoms with E-state index in [0.717, 1.165) is 12.1 Å². The molecule has 0 radical (unpaired) electrons. The van der Waals surface area contributed by atoms with Crippen molar-refractivity contribution in [3.05, 3.63) is 64.2 Å². The molecule has 22 heavy (non-hydrogen) atoms. The molecule has 0 aliphatic rings. The zero-order chi connectivity index (χ0) is 16.4. The highest BCUT2D eigenvalue weighted by atomic mass is 19.2. The van der Waals surface area contributed by atoms with E-state index in [0.29, 0.717) is 12.1 Å². The number of nitriles is 1. The molecule has 0 spiro atoms. The Kier molecular flexibility index (Phi) is 4.13. The van der Waals surface area contributed by atoms with Gasteiger partial charge in [0.25, 0.3) is 0 Å². The summed E-state index contributed by atoms with van der Waals surface area (Å²) in [5.74, 6) is -6.99. The lowest BCUT2D eigenvalue weighted by Crippen LogP contribution is -2.13. The molecule has 0 heterocycles. The van der Waals surface area contributed by atoms with Crippen LogP contribution in [0.1, 0.15) is 21.5 Å². The Balaban J connectivity index is 2.35. The summed E-state index contributed by atoms with van der Waals surface area (Å²) >= 11 is 0. The molecular formula is C15H7F4NO2. The van der Waals surface area contributed by atoms with Crippen molar-refractivity contribution in [1.82, 2.24) is 0 Å². The Morgan fingerprint density at radius 3 is 2.23 bits per heavy atom. The van der Waals surface area contributed by atoms with E-state index in [1.165, 1.54) is 13.0 Å². The van der Waals surface area contributed by atoms with Gasteiger partial charge in [-0.2, -0.15) is 5.26 Å². The summed E-state index contributed by atoms with van der Waals surface area (Å²) in [6.07, 6.45) is 0. The van der Waals surface area contributed by atoms with Crippen LogP contribution >= 0.6 is 0 Å². The first kappa shape index (κ1) is 15.5. The summed E-state index contributed by atoms with van der Waals surface area (Å²) in [4.78, 5) is 11.7. The Labute approximate surface area is 122 Å². The number of carbonyl (C=O) groups excluding carboxylic acids is 1. The molecule has 112 valence electrons. The van der Waals surface area contributed by atoms with Gasteiger partial charge in [0.15, 0.2) is 11.6 Å². The molecule has 3 nitrogen and oxygen atoms in total. The van der Waals surface area contributed by atoms with E-state index in [1.54, 1.807) is 0 Å². The number of ether oxygens (including phenoxy) is 1. The van der Waals surface area contributed by atoms with Crippen LogP contribution in [0.25, 0.3) is 0 Å². The van der Waals surface area contributed by atoms with E-state index >= 15 is 0 Å². The minimum absolute atomic E-state index is 0.00971. The third-order valence-corrected chi connectivity index (χ3v) is 2.83. The van der Waals surface area contributed by atoms with Gasteiger partial charge in [-0.3, -0.25) is 0 Å². The minimum atomic E-state index is -1.42. The van der Waals surface area contributed by atoms with Crippen molar-refractivity contribution in [3.63, 3.8) is 0 Å². The number of carbonyl (C=O) groups is 1. The van der Waals surface area contributed by atoms with Crippen LogP contribution in [0.4, 0.5) is 17.6 Å². The lowest BCUT2D eigenvalue weighted by molar-refractivity contribution is 0.0728. The first-order valence-electron chi connectivity index (χ1n) is 5.91. The van der Waals surface area contributed by atoms with Crippen LogP contribution in [0.2, 0.25) is 0 Å². The van der Waals surface area contributed by atoms with E-state index in [2.05, 4.69) is 4.74 Å². The van der Waals surface area contributed by atoms with Crippen LogP contribution in [-0.2, 0) is 0 Å². The van der Waals surface area contributed by atoms with Crippen molar-refractivity contribution in [3.8, 4) is 11.8 Å². The van der Waals surface area contributed by atoms with Gasteiger partial charge < -0.3 is 4.74 Å². The SMILES string of the molecule is Cc1ccc(C(=O)Oc2cc(F)c(C#N)c(F)c2)c(F)c1F. The molecule has 0 atom stereocenters. The van der Waals surface area contributed by atoms with Crippen molar-refractivity contribution in [2.24, 2.45) is 0 Å². The molecule has 0 N–H and O–H groups in total. The van der Waals surface area contributed by atoms with Crippen molar-refractivity contribution < 1.29 is 27.1 Å². The molecule has 2 aromatic rings. The van der Waals surface area contributed by atoms with E-state index in [9.17, 15) is 22.4 Å². The molecule has 0 aliphatic carbocycles. The molecule has 2 aromatic carbocycles. The van der Waals surface area contributed by atoms with Crippen molar-refractivity contribution in [2.75, 3.05) is 0 Å². The highest BCUT2D eigenvalue weighted by molar-refractivity contribution is 5.91. The van der Waals surface area contributed by atoms with E-state index in [4.69, 9.17) is 5.26 Å². The quantitative estimate of drug-likeness (QED) is 0.483. The molecule has 0 aliphatic heterocycles. The molecule has 0 bridgehead atoms. The second kappa shape index (κ2) is 5.85. The predicted molar refractivity (Wildman–Crippen MR) is 67.1 cm³/mol. The lowest BCUT2D eigenvalue weighted by Gasteiger charge is -2.07. The van der Waals surface area contributed by atoms with Crippen LogP contribution in [0.3, 0.4) is 0 Å². The molecule has 7 heteroatoms. The summed E-state index contributed by atoms with van der Waals surface area (Å²) in [5, 5.41) is 8.51. The monoisotopic (exact) mass is 309 g/mol. The molecule has 0 saturated heterocycles.